The second-order valence-electron chi connectivity index (χ2n) is 3.71. The van der Waals surface area contributed by atoms with Crippen LogP contribution >= 0.6 is 23.2 Å². The number of hydrogen-bond donors (Lipinski definition) is 1. The van der Waals surface area contributed by atoms with Gasteiger partial charge in [-0.05, 0) is 18.2 Å². The number of carboxylic acid groups (broad SMARTS) is 1. The Bertz CT molecular complexity index is 644. The van der Waals surface area contributed by atoms with Crippen molar-refractivity contribution >= 4 is 29.2 Å². The molecule has 1 aromatic carbocycles. The maximum absolute atomic E-state index is 11.1. The van der Waals surface area contributed by atoms with Crippen molar-refractivity contribution in [3.8, 4) is 17.0 Å². The Balaban J connectivity index is 2.57. The molecule has 1 heterocycles. The molecule has 1 aromatic heterocycles. The van der Waals surface area contributed by atoms with E-state index in [9.17, 15) is 4.79 Å². The Morgan fingerprint density at radius 1 is 1.32 bits per heavy atom. The summed E-state index contributed by atoms with van der Waals surface area (Å²) >= 11 is 11.9. The van der Waals surface area contributed by atoms with E-state index in [2.05, 4.69) is 4.98 Å². The third-order valence-corrected chi connectivity index (χ3v) is 3.06. The SMILES string of the molecule is COc1ncc(-c2ccc(Cl)cc2Cl)cc1C(=O)O. The number of aromatic nitrogens is 1. The summed E-state index contributed by atoms with van der Waals surface area (Å²) in [6, 6.07) is 6.43. The van der Waals surface area contributed by atoms with Crippen LogP contribution in [0.1, 0.15) is 10.4 Å². The number of methoxy groups -OCH3 is 1. The van der Waals surface area contributed by atoms with Crippen molar-refractivity contribution in [1.82, 2.24) is 4.98 Å². The topological polar surface area (TPSA) is 59.4 Å². The van der Waals surface area contributed by atoms with E-state index < -0.39 is 5.97 Å². The fourth-order valence-corrected chi connectivity index (χ4v) is 2.16. The van der Waals surface area contributed by atoms with Crippen molar-refractivity contribution in [2.24, 2.45) is 0 Å². The summed E-state index contributed by atoms with van der Waals surface area (Å²) < 4.78 is 4.90. The molecule has 0 saturated heterocycles. The molecule has 2 rings (SSSR count). The first-order valence-electron chi connectivity index (χ1n) is 5.25. The lowest BCUT2D eigenvalue weighted by Crippen LogP contribution is -2.02. The maximum atomic E-state index is 11.1. The third kappa shape index (κ3) is 2.80. The summed E-state index contributed by atoms with van der Waals surface area (Å²) in [4.78, 5) is 15.1. The second-order valence-corrected chi connectivity index (χ2v) is 4.55. The van der Waals surface area contributed by atoms with Crippen molar-refractivity contribution < 1.29 is 14.6 Å². The van der Waals surface area contributed by atoms with Crippen molar-refractivity contribution in [3.05, 3.63) is 46.1 Å². The van der Waals surface area contributed by atoms with Gasteiger partial charge in [0.05, 0.1) is 7.11 Å². The van der Waals surface area contributed by atoms with Crippen LogP contribution in [0.2, 0.25) is 10.0 Å². The molecule has 0 unspecified atom stereocenters. The van der Waals surface area contributed by atoms with E-state index in [0.29, 0.717) is 21.2 Å². The van der Waals surface area contributed by atoms with Gasteiger partial charge in [0.2, 0.25) is 5.88 Å². The van der Waals surface area contributed by atoms with E-state index in [1.165, 1.54) is 19.4 Å². The van der Waals surface area contributed by atoms with Gasteiger partial charge in [0.25, 0.3) is 0 Å². The van der Waals surface area contributed by atoms with E-state index >= 15 is 0 Å². The van der Waals surface area contributed by atoms with Crippen LogP contribution in [-0.4, -0.2) is 23.2 Å². The number of hydrogen-bond acceptors (Lipinski definition) is 3. The molecule has 2 aromatic rings. The van der Waals surface area contributed by atoms with Crippen LogP contribution in [0.15, 0.2) is 30.5 Å². The molecular formula is C13H9Cl2NO3. The zero-order chi connectivity index (χ0) is 14.0. The molecule has 1 N–H and O–H groups in total. The van der Waals surface area contributed by atoms with Gasteiger partial charge in [-0.1, -0.05) is 29.3 Å². The average molecular weight is 298 g/mol. The zero-order valence-electron chi connectivity index (χ0n) is 9.85. The molecule has 0 aliphatic heterocycles. The number of pyridine rings is 1. The van der Waals surface area contributed by atoms with Crippen molar-refractivity contribution in [2.45, 2.75) is 0 Å². The zero-order valence-corrected chi connectivity index (χ0v) is 11.4. The van der Waals surface area contributed by atoms with E-state index in [4.69, 9.17) is 33.0 Å². The van der Waals surface area contributed by atoms with E-state index in [1.54, 1.807) is 18.2 Å². The van der Waals surface area contributed by atoms with Crippen molar-refractivity contribution in [3.63, 3.8) is 0 Å². The van der Waals surface area contributed by atoms with E-state index in [1.807, 2.05) is 0 Å². The highest BCUT2D eigenvalue weighted by Gasteiger charge is 2.15. The first kappa shape index (κ1) is 13.6. The van der Waals surface area contributed by atoms with Gasteiger partial charge < -0.3 is 9.84 Å². The minimum atomic E-state index is -1.11. The Morgan fingerprint density at radius 3 is 2.63 bits per heavy atom. The normalized spacial score (nSPS) is 10.3. The number of carboxylic acids is 1. The fraction of sp³-hybridized carbons (Fsp3) is 0.0769. The number of benzene rings is 1. The molecule has 0 amide bonds. The van der Waals surface area contributed by atoms with Gasteiger partial charge in [-0.3, -0.25) is 0 Å². The summed E-state index contributed by atoms with van der Waals surface area (Å²) in [5, 5.41) is 10.0. The molecule has 4 nitrogen and oxygen atoms in total. The molecule has 0 radical (unpaired) electrons. The van der Waals surface area contributed by atoms with E-state index in [-0.39, 0.29) is 11.4 Å². The first-order valence-corrected chi connectivity index (χ1v) is 6.01. The number of nitrogens with zero attached hydrogens (tertiary/aromatic N) is 1. The largest absolute Gasteiger partial charge is 0.480 e. The molecule has 98 valence electrons. The predicted octanol–water partition coefficient (Wildman–Crippen LogP) is 3.76. The molecule has 0 saturated carbocycles. The number of carbonyl (C=O) groups is 1. The first-order chi connectivity index (χ1) is 9.02. The number of ether oxygens (including phenoxy) is 1. The van der Waals surface area contributed by atoms with Crippen LogP contribution < -0.4 is 4.74 Å². The molecule has 0 atom stereocenters. The minimum absolute atomic E-state index is 0.0222. The third-order valence-electron chi connectivity index (χ3n) is 2.52. The molecule has 6 heteroatoms. The summed E-state index contributed by atoms with van der Waals surface area (Å²) in [5.74, 6) is -1.06. The fourth-order valence-electron chi connectivity index (χ4n) is 1.64. The Labute approximate surface area is 119 Å². The smallest absolute Gasteiger partial charge is 0.341 e. The number of aromatic carboxylic acids is 1. The van der Waals surface area contributed by atoms with Gasteiger partial charge in [-0.15, -0.1) is 0 Å². The van der Waals surface area contributed by atoms with Gasteiger partial charge >= 0.3 is 5.97 Å². The highest BCUT2D eigenvalue weighted by molar-refractivity contribution is 6.36. The van der Waals surface area contributed by atoms with Gasteiger partial charge in [-0.2, -0.15) is 0 Å². The van der Waals surface area contributed by atoms with Crippen LogP contribution in [0.3, 0.4) is 0 Å². The molecule has 19 heavy (non-hydrogen) atoms. The minimum Gasteiger partial charge on any atom is -0.480 e. The summed E-state index contributed by atoms with van der Waals surface area (Å²) in [7, 11) is 1.36. The van der Waals surface area contributed by atoms with Crippen LogP contribution in [-0.2, 0) is 0 Å². The Hall–Kier alpha value is -1.78. The van der Waals surface area contributed by atoms with Crippen LogP contribution in [0.25, 0.3) is 11.1 Å². The molecule has 0 bridgehead atoms. The lowest BCUT2D eigenvalue weighted by Gasteiger charge is -2.08. The monoisotopic (exact) mass is 297 g/mol. The Kier molecular flexibility index (Phi) is 3.93. The quantitative estimate of drug-likeness (QED) is 0.937. The molecule has 0 spiro atoms. The lowest BCUT2D eigenvalue weighted by molar-refractivity contribution is 0.0692. The summed E-state index contributed by atoms with van der Waals surface area (Å²) in [6.45, 7) is 0. The second kappa shape index (κ2) is 5.47. The van der Waals surface area contributed by atoms with Gasteiger partial charge in [0.15, 0.2) is 0 Å². The summed E-state index contributed by atoms with van der Waals surface area (Å²) in [6.07, 6.45) is 1.50. The van der Waals surface area contributed by atoms with Crippen LogP contribution in [0.4, 0.5) is 0 Å². The van der Waals surface area contributed by atoms with E-state index in [0.717, 1.165) is 0 Å². The molecule has 0 aliphatic rings. The van der Waals surface area contributed by atoms with Crippen molar-refractivity contribution in [2.75, 3.05) is 7.11 Å². The molecular weight excluding hydrogens is 289 g/mol. The van der Waals surface area contributed by atoms with Crippen molar-refractivity contribution in [1.29, 1.82) is 0 Å². The molecule has 0 fully saturated rings. The van der Waals surface area contributed by atoms with Gasteiger partial charge in [-0.25, -0.2) is 9.78 Å². The standard InChI is InChI=1S/C13H9Cl2NO3/c1-19-12-10(13(17)18)4-7(6-16-12)9-3-2-8(14)5-11(9)15/h2-6H,1H3,(H,17,18). The number of rotatable bonds is 3. The highest BCUT2D eigenvalue weighted by atomic mass is 35.5. The Morgan fingerprint density at radius 2 is 2.05 bits per heavy atom. The predicted molar refractivity (Wildman–Crippen MR) is 73.2 cm³/mol. The number of halogens is 2. The van der Waals surface area contributed by atoms with Gasteiger partial charge in [0.1, 0.15) is 5.56 Å². The average Bonchev–Trinajstić information content (AvgIpc) is 2.38. The maximum Gasteiger partial charge on any atom is 0.341 e. The van der Waals surface area contributed by atoms with Crippen LogP contribution in [0, 0.1) is 0 Å². The lowest BCUT2D eigenvalue weighted by atomic mass is 10.1. The summed E-state index contributed by atoms with van der Waals surface area (Å²) in [5.41, 5.74) is 1.22. The highest BCUT2D eigenvalue weighted by Crippen LogP contribution is 2.31. The molecule has 0 aliphatic carbocycles. The van der Waals surface area contributed by atoms with Crippen LogP contribution in [0.5, 0.6) is 5.88 Å². The van der Waals surface area contributed by atoms with Gasteiger partial charge in [0, 0.05) is 27.4 Å².